The van der Waals surface area contributed by atoms with Gasteiger partial charge in [-0.15, -0.1) is 10.2 Å². The molecule has 0 aliphatic heterocycles. The van der Waals surface area contributed by atoms with Crippen molar-refractivity contribution >= 4 is 11.5 Å². The number of oxazole rings is 1. The van der Waals surface area contributed by atoms with E-state index in [4.69, 9.17) is 4.42 Å². The van der Waals surface area contributed by atoms with Crippen molar-refractivity contribution in [2.75, 3.05) is 0 Å². The summed E-state index contributed by atoms with van der Waals surface area (Å²) in [6, 6.07) is 16.9. The SMILES string of the molecule is Cc1ccc(N=Nc2nc(-c3ccccc3)oc2O)cc1. The monoisotopic (exact) mass is 279 g/mol. The van der Waals surface area contributed by atoms with Crippen LogP contribution in [0.2, 0.25) is 0 Å². The number of aryl methyl sites for hydroxylation is 1. The van der Waals surface area contributed by atoms with Crippen molar-refractivity contribution < 1.29 is 9.52 Å². The minimum Gasteiger partial charge on any atom is -0.478 e. The Hall–Kier alpha value is -2.95. The van der Waals surface area contributed by atoms with Crippen LogP contribution >= 0.6 is 0 Å². The fourth-order valence-electron chi connectivity index (χ4n) is 1.79. The van der Waals surface area contributed by atoms with Crippen molar-refractivity contribution in [3.8, 4) is 17.4 Å². The van der Waals surface area contributed by atoms with Crippen molar-refractivity contribution in [3.63, 3.8) is 0 Å². The molecular formula is C16H13N3O2. The molecule has 0 bridgehead atoms. The number of benzene rings is 2. The first-order chi connectivity index (χ1) is 10.2. The number of hydrogen-bond donors (Lipinski definition) is 1. The molecule has 2 aromatic carbocycles. The molecule has 0 unspecified atom stereocenters. The van der Waals surface area contributed by atoms with E-state index in [1.165, 1.54) is 0 Å². The standard InChI is InChI=1S/C16H13N3O2/c1-11-7-9-13(10-8-11)18-19-14-16(20)21-15(17-14)12-5-3-2-4-6-12/h2-10,20H,1H3. The van der Waals surface area contributed by atoms with E-state index >= 15 is 0 Å². The Morgan fingerprint density at radius 1 is 0.952 bits per heavy atom. The van der Waals surface area contributed by atoms with Crippen LogP contribution in [0.25, 0.3) is 11.5 Å². The average Bonchev–Trinajstić information content (AvgIpc) is 2.89. The summed E-state index contributed by atoms with van der Waals surface area (Å²) < 4.78 is 5.20. The zero-order valence-electron chi connectivity index (χ0n) is 11.4. The first-order valence-corrected chi connectivity index (χ1v) is 6.46. The molecule has 5 nitrogen and oxygen atoms in total. The zero-order chi connectivity index (χ0) is 14.7. The third-order valence-electron chi connectivity index (χ3n) is 2.91. The summed E-state index contributed by atoms with van der Waals surface area (Å²) in [7, 11) is 0. The van der Waals surface area contributed by atoms with Crippen LogP contribution in [0.3, 0.4) is 0 Å². The molecule has 0 atom stereocenters. The van der Waals surface area contributed by atoms with Gasteiger partial charge in [0.15, 0.2) is 0 Å². The normalized spacial score (nSPS) is 11.1. The van der Waals surface area contributed by atoms with Gasteiger partial charge in [0.2, 0.25) is 5.89 Å². The van der Waals surface area contributed by atoms with Gasteiger partial charge in [-0.25, -0.2) is 0 Å². The summed E-state index contributed by atoms with van der Waals surface area (Å²) in [5.74, 6) is 0.0325. The van der Waals surface area contributed by atoms with Crippen molar-refractivity contribution in [2.24, 2.45) is 10.2 Å². The Balaban J connectivity index is 1.86. The molecule has 0 saturated heterocycles. The molecule has 0 radical (unpaired) electrons. The van der Waals surface area contributed by atoms with Crippen molar-refractivity contribution in [2.45, 2.75) is 6.92 Å². The highest BCUT2D eigenvalue weighted by Gasteiger charge is 2.13. The predicted molar refractivity (Wildman–Crippen MR) is 79.0 cm³/mol. The van der Waals surface area contributed by atoms with E-state index in [0.29, 0.717) is 11.6 Å². The van der Waals surface area contributed by atoms with Gasteiger partial charge in [-0.2, -0.15) is 4.98 Å². The maximum atomic E-state index is 9.73. The fraction of sp³-hybridized carbons (Fsp3) is 0.0625. The average molecular weight is 279 g/mol. The largest absolute Gasteiger partial charge is 0.478 e. The Kier molecular flexibility index (Phi) is 3.47. The van der Waals surface area contributed by atoms with Crippen LogP contribution in [0.15, 0.2) is 69.2 Å². The highest BCUT2D eigenvalue weighted by molar-refractivity contribution is 5.56. The summed E-state index contributed by atoms with van der Waals surface area (Å²) >= 11 is 0. The highest BCUT2D eigenvalue weighted by atomic mass is 16.5. The van der Waals surface area contributed by atoms with Crippen LogP contribution in [0.4, 0.5) is 11.5 Å². The molecule has 0 fully saturated rings. The molecule has 104 valence electrons. The topological polar surface area (TPSA) is 71.0 Å². The van der Waals surface area contributed by atoms with Gasteiger partial charge >= 0.3 is 5.95 Å². The summed E-state index contributed by atoms with van der Waals surface area (Å²) in [6.45, 7) is 2.00. The molecule has 5 heteroatoms. The summed E-state index contributed by atoms with van der Waals surface area (Å²) in [4.78, 5) is 4.14. The second-order valence-electron chi connectivity index (χ2n) is 4.55. The van der Waals surface area contributed by atoms with Crippen LogP contribution < -0.4 is 0 Å². The molecule has 1 aromatic heterocycles. The molecule has 0 aliphatic rings. The van der Waals surface area contributed by atoms with Crippen LogP contribution in [0.5, 0.6) is 5.95 Å². The molecule has 0 spiro atoms. The maximum Gasteiger partial charge on any atom is 0.332 e. The molecule has 21 heavy (non-hydrogen) atoms. The zero-order valence-corrected chi connectivity index (χ0v) is 11.4. The number of hydrogen-bond acceptors (Lipinski definition) is 5. The lowest BCUT2D eigenvalue weighted by Gasteiger charge is -1.92. The van der Waals surface area contributed by atoms with Crippen LogP contribution in [-0.4, -0.2) is 10.1 Å². The van der Waals surface area contributed by atoms with Gasteiger partial charge in [0.1, 0.15) is 0 Å². The second-order valence-corrected chi connectivity index (χ2v) is 4.55. The number of rotatable bonds is 3. The van der Waals surface area contributed by atoms with Crippen LogP contribution in [0.1, 0.15) is 5.56 Å². The second kappa shape index (κ2) is 5.58. The molecule has 0 aliphatic carbocycles. The Morgan fingerprint density at radius 3 is 2.38 bits per heavy atom. The van der Waals surface area contributed by atoms with E-state index in [1.54, 1.807) is 0 Å². The third-order valence-corrected chi connectivity index (χ3v) is 2.91. The lowest BCUT2D eigenvalue weighted by molar-refractivity contribution is 0.338. The van der Waals surface area contributed by atoms with Gasteiger partial charge < -0.3 is 9.52 Å². The Labute approximate surface area is 121 Å². The number of azo groups is 1. The molecule has 0 amide bonds. The van der Waals surface area contributed by atoms with Crippen LogP contribution in [-0.2, 0) is 0 Å². The van der Waals surface area contributed by atoms with Gasteiger partial charge in [0.05, 0.1) is 5.69 Å². The Morgan fingerprint density at radius 2 is 1.67 bits per heavy atom. The molecule has 3 rings (SSSR count). The molecular weight excluding hydrogens is 266 g/mol. The first-order valence-electron chi connectivity index (χ1n) is 6.46. The molecule has 3 aromatic rings. The van der Waals surface area contributed by atoms with Gasteiger partial charge in [-0.1, -0.05) is 35.9 Å². The van der Waals surface area contributed by atoms with E-state index < -0.39 is 0 Å². The Bertz CT molecular complexity index is 762. The lowest BCUT2D eigenvalue weighted by Crippen LogP contribution is -1.74. The van der Waals surface area contributed by atoms with Crippen LogP contribution in [0, 0.1) is 6.92 Å². The number of aromatic nitrogens is 1. The summed E-state index contributed by atoms with van der Waals surface area (Å²) in [5.41, 5.74) is 2.60. The van der Waals surface area contributed by atoms with Gasteiger partial charge in [-0.3, -0.25) is 0 Å². The highest BCUT2D eigenvalue weighted by Crippen LogP contribution is 2.32. The lowest BCUT2D eigenvalue weighted by atomic mass is 10.2. The summed E-state index contributed by atoms with van der Waals surface area (Å²) in [5, 5.41) is 17.7. The minimum atomic E-state index is -0.343. The third kappa shape index (κ3) is 2.97. The van der Waals surface area contributed by atoms with E-state index in [-0.39, 0.29) is 11.8 Å². The van der Waals surface area contributed by atoms with E-state index in [1.807, 2.05) is 61.5 Å². The first kappa shape index (κ1) is 13.1. The molecule has 1 N–H and O–H groups in total. The summed E-state index contributed by atoms with van der Waals surface area (Å²) in [6.07, 6.45) is 0. The smallest absolute Gasteiger partial charge is 0.332 e. The predicted octanol–water partition coefficient (Wildman–Crippen LogP) is 4.77. The molecule has 0 saturated carbocycles. The number of aromatic hydroxyl groups is 1. The van der Waals surface area contributed by atoms with Crippen molar-refractivity contribution in [1.82, 2.24) is 4.98 Å². The van der Waals surface area contributed by atoms with E-state index in [0.717, 1.165) is 11.1 Å². The van der Waals surface area contributed by atoms with E-state index in [9.17, 15) is 5.11 Å². The molecule has 1 heterocycles. The minimum absolute atomic E-state index is 0.0643. The quantitative estimate of drug-likeness (QED) is 0.702. The fourth-order valence-corrected chi connectivity index (χ4v) is 1.79. The van der Waals surface area contributed by atoms with Gasteiger partial charge in [0, 0.05) is 5.56 Å². The van der Waals surface area contributed by atoms with E-state index in [2.05, 4.69) is 15.2 Å². The number of nitrogens with zero attached hydrogens (tertiary/aromatic N) is 3. The van der Waals surface area contributed by atoms with Gasteiger partial charge in [0.25, 0.3) is 5.82 Å². The maximum absolute atomic E-state index is 9.73. The van der Waals surface area contributed by atoms with Crippen molar-refractivity contribution in [1.29, 1.82) is 0 Å². The van der Waals surface area contributed by atoms with Crippen molar-refractivity contribution in [3.05, 3.63) is 60.2 Å². The van der Waals surface area contributed by atoms with Gasteiger partial charge in [-0.05, 0) is 31.2 Å².